The fraction of sp³-hybridized carbons (Fsp3) is 0.222. The van der Waals surface area contributed by atoms with Crippen LogP contribution in [0.25, 0.3) is 0 Å². The monoisotopic (exact) mass is 392 g/mol. The van der Waals surface area contributed by atoms with E-state index in [9.17, 15) is 9.59 Å². The Kier molecular flexibility index (Phi) is 6.25. The topological polar surface area (TPSA) is 76.7 Å². The SMILES string of the molecule is O=C(CCSc1ccc(Cl)cc1)NNC(=O)[C@@H]1COc2ccccc2O1. The third-order valence-electron chi connectivity index (χ3n) is 3.54. The number of benzene rings is 2. The van der Waals surface area contributed by atoms with Crippen LogP contribution in [0.1, 0.15) is 6.42 Å². The van der Waals surface area contributed by atoms with Crippen LogP contribution in [0.5, 0.6) is 11.5 Å². The maximum atomic E-state index is 12.1. The lowest BCUT2D eigenvalue weighted by Crippen LogP contribution is -2.50. The molecule has 0 aliphatic carbocycles. The summed E-state index contributed by atoms with van der Waals surface area (Å²) >= 11 is 7.36. The molecule has 6 nitrogen and oxygen atoms in total. The number of carbonyl (C=O) groups excluding carboxylic acids is 2. The fourth-order valence-electron chi connectivity index (χ4n) is 2.22. The van der Waals surface area contributed by atoms with Crippen LogP contribution in [-0.4, -0.2) is 30.3 Å². The van der Waals surface area contributed by atoms with Crippen LogP contribution >= 0.6 is 23.4 Å². The Morgan fingerprint density at radius 3 is 2.58 bits per heavy atom. The first-order chi connectivity index (χ1) is 12.6. The minimum absolute atomic E-state index is 0.0884. The van der Waals surface area contributed by atoms with Crippen LogP contribution in [-0.2, 0) is 9.59 Å². The maximum absolute atomic E-state index is 12.1. The largest absolute Gasteiger partial charge is 0.485 e. The van der Waals surface area contributed by atoms with E-state index in [0.29, 0.717) is 22.3 Å². The van der Waals surface area contributed by atoms with Crippen molar-refractivity contribution < 1.29 is 19.1 Å². The zero-order valence-electron chi connectivity index (χ0n) is 13.7. The van der Waals surface area contributed by atoms with Gasteiger partial charge in [0.1, 0.15) is 6.61 Å². The highest BCUT2D eigenvalue weighted by Gasteiger charge is 2.27. The van der Waals surface area contributed by atoms with E-state index in [1.807, 2.05) is 18.2 Å². The number of hydrogen-bond acceptors (Lipinski definition) is 5. The molecule has 0 aromatic heterocycles. The summed E-state index contributed by atoms with van der Waals surface area (Å²) in [5.41, 5.74) is 4.76. The molecule has 3 rings (SSSR count). The van der Waals surface area contributed by atoms with Crippen molar-refractivity contribution in [3.8, 4) is 11.5 Å². The van der Waals surface area contributed by atoms with Gasteiger partial charge in [0, 0.05) is 22.1 Å². The smallest absolute Gasteiger partial charge is 0.283 e. The van der Waals surface area contributed by atoms with Crippen LogP contribution < -0.4 is 20.3 Å². The number of hydrogen-bond donors (Lipinski definition) is 2. The van der Waals surface area contributed by atoms with Crippen LogP contribution in [0, 0.1) is 0 Å². The van der Waals surface area contributed by atoms with Crippen LogP contribution in [0.2, 0.25) is 5.02 Å². The number of amides is 2. The highest BCUT2D eigenvalue weighted by atomic mass is 35.5. The number of fused-ring (bicyclic) bond motifs is 1. The highest BCUT2D eigenvalue weighted by molar-refractivity contribution is 7.99. The first-order valence-corrected chi connectivity index (χ1v) is 9.34. The van der Waals surface area contributed by atoms with Crippen molar-refractivity contribution in [1.29, 1.82) is 0 Å². The molecule has 2 amide bonds. The zero-order chi connectivity index (χ0) is 18.4. The number of halogens is 1. The van der Waals surface area contributed by atoms with Gasteiger partial charge in [0.05, 0.1) is 0 Å². The van der Waals surface area contributed by atoms with Gasteiger partial charge in [-0.1, -0.05) is 23.7 Å². The van der Waals surface area contributed by atoms with Gasteiger partial charge in [0.2, 0.25) is 12.0 Å². The average molecular weight is 393 g/mol. The molecule has 0 spiro atoms. The second-order valence-electron chi connectivity index (χ2n) is 5.45. The Balaban J connectivity index is 1.37. The highest BCUT2D eigenvalue weighted by Crippen LogP contribution is 2.30. The summed E-state index contributed by atoms with van der Waals surface area (Å²) in [4.78, 5) is 25.0. The second-order valence-corrected chi connectivity index (χ2v) is 7.06. The third-order valence-corrected chi connectivity index (χ3v) is 4.80. The predicted octanol–water partition coefficient (Wildman–Crippen LogP) is 2.81. The molecule has 2 N–H and O–H groups in total. The van der Waals surface area contributed by atoms with Gasteiger partial charge in [-0.2, -0.15) is 0 Å². The van der Waals surface area contributed by atoms with Gasteiger partial charge in [-0.3, -0.25) is 20.4 Å². The Morgan fingerprint density at radius 2 is 1.81 bits per heavy atom. The molecule has 8 heteroatoms. The van der Waals surface area contributed by atoms with Crippen molar-refractivity contribution in [2.45, 2.75) is 17.4 Å². The van der Waals surface area contributed by atoms with E-state index in [2.05, 4.69) is 10.9 Å². The van der Waals surface area contributed by atoms with Gasteiger partial charge in [-0.05, 0) is 36.4 Å². The Hall–Kier alpha value is -2.38. The molecule has 0 saturated heterocycles. The van der Waals surface area contributed by atoms with E-state index in [1.165, 1.54) is 11.8 Å². The molecule has 0 radical (unpaired) electrons. The zero-order valence-corrected chi connectivity index (χ0v) is 15.3. The van der Waals surface area contributed by atoms with Gasteiger partial charge < -0.3 is 9.47 Å². The summed E-state index contributed by atoms with van der Waals surface area (Å²) in [7, 11) is 0. The standard InChI is InChI=1S/C18H17ClN2O4S/c19-12-5-7-13(8-6-12)26-10-9-17(22)20-21-18(23)16-11-24-14-3-1-2-4-15(14)25-16/h1-8,16H,9-11H2,(H,20,22)(H,21,23)/t16-/m0/s1. The van der Waals surface area contributed by atoms with Crippen LogP contribution in [0.4, 0.5) is 0 Å². The van der Waals surface area contributed by atoms with E-state index in [4.69, 9.17) is 21.1 Å². The van der Waals surface area contributed by atoms with Crippen molar-refractivity contribution >= 4 is 35.2 Å². The van der Waals surface area contributed by atoms with Crippen LogP contribution in [0.3, 0.4) is 0 Å². The molecule has 136 valence electrons. The quantitative estimate of drug-likeness (QED) is 0.604. The van der Waals surface area contributed by atoms with Gasteiger partial charge >= 0.3 is 0 Å². The summed E-state index contributed by atoms with van der Waals surface area (Å²) in [6.07, 6.45) is -0.549. The van der Waals surface area contributed by atoms with E-state index < -0.39 is 12.0 Å². The number of thioether (sulfide) groups is 1. The molecular weight excluding hydrogens is 376 g/mol. The summed E-state index contributed by atoms with van der Waals surface area (Å²) in [6.45, 7) is 0.0884. The molecule has 0 fully saturated rings. The first kappa shape index (κ1) is 18.4. The molecule has 1 heterocycles. The normalized spacial score (nSPS) is 15.2. The molecule has 26 heavy (non-hydrogen) atoms. The summed E-state index contributed by atoms with van der Waals surface area (Å²) in [5, 5.41) is 0.673. The van der Waals surface area contributed by atoms with Crippen molar-refractivity contribution in [3.05, 3.63) is 53.6 Å². The first-order valence-electron chi connectivity index (χ1n) is 7.97. The molecule has 1 aliphatic rings. The lowest BCUT2D eigenvalue weighted by Gasteiger charge is -2.25. The molecule has 1 atom stereocenters. The van der Waals surface area contributed by atoms with E-state index in [0.717, 1.165) is 4.90 Å². The van der Waals surface area contributed by atoms with Gasteiger partial charge in [0.25, 0.3) is 5.91 Å². The molecule has 2 aromatic rings. The third kappa shape index (κ3) is 5.06. The molecule has 0 saturated carbocycles. The fourth-order valence-corrected chi connectivity index (χ4v) is 3.19. The molecular formula is C18H17ClN2O4S. The molecule has 1 aliphatic heterocycles. The van der Waals surface area contributed by atoms with Crippen molar-refractivity contribution in [2.75, 3.05) is 12.4 Å². The Labute approximate surface area is 160 Å². The van der Waals surface area contributed by atoms with Crippen molar-refractivity contribution in [3.63, 3.8) is 0 Å². The summed E-state index contributed by atoms with van der Waals surface area (Å²) < 4.78 is 11.0. The number of nitrogens with one attached hydrogen (secondary N) is 2. The number of rotatable bonds is 5. The second kappa shape index (κ2) is 8.82. The minimum Gasteiger partial charge on any atom is -0.485 e. The minimum atomic E-state index is -0.811. The summed E-state index contributed by atoms with van der Waals surface area (Å²) in [6, 6.07) is 14.5. The van der Waals surface area contributed by atoms with Crippen molar-refractivity contribution in [1.82, 2.24) is 10.9 Å². The van der Waals surface area contributed by atoms with Gasteiger partial charge in [0.15, 0.2) is 11.5 Å². The Morgan fingerprint density at radius 1 is 1.08 bits per heavy atom. The lowest BCUT2D eigenvalue weighted by molar-refractivity contribution is -0.135. The number of hydrazine groups is 1. The van der Waals surface area contributed by atoms with Crippen molar-refractivity contribution in [2.24, 2.45) is 0 Å². The lowest BCUT2D eigenvalue weighted by atomic mass is 10.2. The maximum Gasteiger partial charge on any atom is 0.283 e. The van der Waals surface area contributed by atoms with Gasteiger partial charge in [-0.25, -0.2) is 0 Å². The average Bonchev–Trinajstić information content (AvgIpc) is 2.67. The Bertz CT molecular complexity index is 785. The van der Waals surface area contributed by atoms with E-state index in [1.54, 1.807) is 30.3 Å². The predicted molar refractivity (Wildman–Crippen MR) is 99.4 cm³/mol. The number of ether oxygens (including phenoxy) is 2. The van der Waals surface area contributed by atoms with E-state index >= 15 is 0 Å². The van der Waals surface area contributed by atoms with Crippen LogP contribution in [0.15, 0.2) is 53.4 Å². The number of para-hydroxylation sites is 2. The molecule has 0 unspecified atom stereocenters. The summed E-state index contributed by atoms with van der Waals surface area (Å²) in [5.74, 6) is 0.944. The molecule has 2 aromatic carbocycles. The number of carbonyl (C=O) groups is 2. The van der Waals surface area contributed by atoms with E-state index in [-0.39, 0.29) is 18.9 Å². The molecule has 0 bridgehead atoms. The van der Waals surface area contributed by atoms with Gasteiger partial charge in [-0.15, -0.1) is 11.8 Å².